The van der Waals surface area contributed by atoms with Crippen LogP contribution in [0.4, 0.5) is 0 Å². The van der Waals surface area contributed by atoms with Crippen LogP contribution in [0.1, 0.15) is 85.0 Å². The zero-order valence-electron chi connectivity index (χ0n) is 20.4. The first-order valence-electron chi connectivity index (χ1n) is 13.2. The molecule has 32 heavy (non-hydrogen) atoms. The van der Waals surface area contributed by atoms with Crippen molar-refractivity contribution in [2.45, 2.75) is 100 Å². The van der Waals surface area contributed by atoms with Crippen LogP contribution in [0.2, 0.25) is 0 Å². The van der Waals surface area contributed by atoms with Crippen molar-refractivity contribution < 1.29 is 0 Å². The molecule has 4 bridgehead atoms. The number of fused-ring (bicyclic) bond motifs is 4. The lowest BCUT2D eigenvalue weighted by molar-refractivity contribution is 0.476. The van der Waals surface area contributed by atoms with Crippen molar-refractivity contribution in [1.29, 1.82) is 0 Å². The van der Waals surface area contributed by atoms with Crippen LogP contribution in [0.15, 0.2) is 60.7 Å². The molecule has 2 aromatic rings. The Labute approximate surface area is 198 Å². The van der Waals surface area contributed by atoms with Crippen LogP contribution >= 0.6 is 14.6 Å². The first kappa shape index (κ1) is 21.8. The molecule has 4 saturated carbocycles. The molecule has 0 N–H and O–H groups in total. The molecule has 0 saturated heterocycles. The van der Waals surface area contributed by atoms with E-state index in [2.05, 4.69) is 81.4 Å². The van der Waals surface area contributed by atoms with E-state index in [0.29, 0.717) is 10.3 Å². The molecule has 2 aromatic carbocycles. The van der Waals surface area contributed by atoms with Gasteiger partial charge in [-0.3, -0.25) is 0 Å². The number of rotatable bonds is 5. The molecular formula is C30H41P2+. The summed E-state index contributed by atoms with van der Waals surface area (Å²) in [6.07, 6.45) is 15.3. The maximum Gasteiger partial charge on any atom is 0.104 e. The van der Waals surface area contributed by atoms with Crippen LogP contribution in [0.3, 0.4) is 0 Å². The van der Waals surface area contributed by atoms with Gasteiger partial charge in [0.15, 0.2) is 0 Å². The molecule has 0 aliphatic heterocycles. The van der Waals surface area contributed by atoms with Crippen LogP contribution in [-0.4, -0.2) is 15.5 Å². The van der Waals surface area contributed by atoms with Gasteiger partial charge < -0.3 is 0 Å². The minimum atomic E-state index is -1.64. The molecule has 0 amide bonds. The summed E-state index contributed by atoms with van der Waals surface area (Å²) in [5.41, 5.74) is 0. The fraction of sp³-hybridized carbons (Fsp3) is 0.600. The second-order valence-corrected chi connectivity index (χ2v) is 21.7. The maximum absolute atomic E-state index is 2.63. The van der Waals surface area contributed by atoms with Crippen LogP contribution in [0.25, 0.3) is 0 Å². The predicted octanol–water partition coefficient (Wildman–Crippen LogP) is 8.52. The zero-order chi connectivity index (χ0) is 22.0. The lowest BCUT2D eigenvalue weighted by Crippen LogP contribution is -2.44. The van der Waals surface area contributed by atoms with E-state index in [4.69, 9.17) is 0 Å². The van der Waals surface area contributed by atoms with Crippen LogP contribution < -0.4 is 10.6 Å². The third-order valence-electron chi connectivity index (χ3n) is 9.84. The quantitative estimate of drug-likeness (QED) is 0.390. The van der Waals surface area contributed by atoms with Gasteiger partial charge in [0.05, 0.1) is 12.8 Å². The monoisotopic (exact) mass is 463 g/mol. The Kier molecular flexibility index (Phi) is 5.22. The molecule has 2 heteroatoms. The van der Waals surface area contributed by atoms with Crippen molar-refractivity contribution in [2.75, 3.05) is 0 Å². The zero-order valence-corrected chi connectivity index (χ0v) is 22.2. The average Bonchev–Trinajstić information content (AvgIpc) is 3.59. The summed E-state index contributed by atoms with van der Waals surface area (Å²) in [6.45, 7) is 6.25. The van der Waals surface area contributed by atoms with Gasteiger partial charge in [0, 0.05) is 10.3 Å². The topological polar surface area (TPSA) is 0 Å². The van der Waals surface area contributed by atoms with Gasteiger partial charge in [-0.25, -0.2) is 0 Å². The highest BCUT2D eigenvalue weighted by Crippen LogP contribution is 3.00. The fourth-order valence-electron chi connectivity index (χ4n) is 8.80. The summed E-state index contributed by atoms with van der Waals surface area (Å²) in [5, 5.41) is 5.02. The van der Waals surface area contributed by atoms with E-state index in [1.165, 1.54) is 51.4 Å². The van der Waals surface area contributed by atoms with Gasteiger partial charge in [-0.1, -0.05) is 36.4 Å². The summed E-state index contributed by atoms with van der Waals surface area (Å²) in [4.78, 5) is 0. The average molecular weight is 464 g/mol. The Balaban J connectivity index is 1.68. The standard InChI is InChI=1S/C30H41P2/c1-28(2,3)32(26-10-6-4-7-11-26,27-12-8-5-9-13-27)31(29-18-14-24(22-29)15-19-29)30-20-16-25(23-30)17-21-30/h4-13,24-25H,14-23H2,1-3H3/q+1. The predicted molar refractivity (Wildman–Crippen MR) is 144 cm³/mol. The highest BCUT2D eigenvalue weighted by atomic mass is 32.1. The van der Waals surface area contributed by atoms with Gasteiger partial charge in [-0.2, -0.15) is 0 Å². The van der Waals surface area contributed by atoms with Crippen molar-refractivity contribution in [1.82, 2.24) is 0 Å². The van der Waals surface area contributed by atoms with Crippen molar-refractivity contribution >= 4 is 25.2 Å². The Morgan fingerprint density at radius 3 is 1.31 bits per heavy atom. The molecule has 0 spiro atoms. The Hall–Kier alpha value is -0.700. The third-order valence-corrected chi connectivity index (χ3v) is 25.1. The van der Waals surface area contributed by atoms with E-state index in [1.807, 2.05) is 0 Å². The van der Waals surface area contributed by atoms with E-state index in [9.17, 15) is 0 Å². The van der Waals surface area contributed by atoms with Gasteiger partial charge >= 0.3 is 0 Å². The molecule has 0 nitrogen and oxygen atoms in total. The molecule has 6 rings (SSSR count). The molecule has 4 aliphatic carbocycles. The van der Waals surface area contributed by atoms with Gasteiger partial charge in [-0.05, 0) is 121 Å². The Morgan fingerprint density at radius 1 is 0.656 bits per heavy atom. The summed E-state index contributed by atoms with van der Waals surface area (Å²) < 4.78 is 0. The summed E-state index contributed by atoms with van der Waals surface area (Å²) in [5.74, 6) is 2.06. The first-order valence-corrected chi connectivity index (χ1v) is 17.0. The summed E-state index contributed by atoms with van der Waals surface area (Å²) >= 11 is 0. The molecule has 170 valence electrons. The number of hydrogen-bond donors (Lipinski definition) is 0. The molecule has 4 aliphatic rings. The molecular weight excluding hydrogens is 422 g/mol. The molecule has 0 unspecified atom stereocenters. The minimum Gasteiger partial charge on any atom is -0.0620 e. The second-order valence-electron chi connectivity index (χ2n) is 12.5. The third kappa shape index (κ3) is 3.01. The lowest BCUT2D eigenvalue weighted by Gasteiger charge is -2.55. The maximum atomic E-state index is 2.63. The summed E-state index contributed by atoms with van der Waals surface area (Å²) in [7, 11) is -0.126. The van der Waals surface area contributed by atoms with E-state index >= 15 is 0 Å². The smallest absolute Gasteiger partial charge is 0.0620 e. The molecule has 0 atom stereocenters. The van der Waals surface area contributed by atoms with Crippen LogP contribution in [0.5, 0.6) is 0 Å². The van der Waals surface area contributed by atoms with E-state index in [0.717, 1.165) is 11.8 Å². The fourth-order valence-corrected chi connectivity index (χ4v) is 26.9. The molecule has 4 fully saturated rings. The lowest BCUT2D eigenvalue weighted by atomic mass is 9.99. The van der Waals surface area contributed by atoms with Crippen molar-refractivity contribution in [2.24, 2.45) is 11.8 Å². The van der Waals surface area contributed by atoms with Crippen molar-refractivity contribution in [3.05, 3.63) is 60.7 Å². The largest absolute Gasteiger partial charge is 0.104 e. The molecule has 0 radical (unpaired) electrons. The first-order chi connectivity index (χ1) is 15.4. The minimum absolute atomic E-state index is 0.126. The summed E-state index contributed by atoms with van der Waals surface area (Å²) in [6, 6.07) is 24.1. The highest BCUT2D eigenvalue weighted by molar-refractivity contribution is 8.46. The van der Waals surface area contributed by atoms with E-state index in [-0.39, 0.29) is 12.8 Å². The van der Waals surface area contributed by atoms with Crippen molar-refractivity contribution in [3.63, 3.8) is 0 Å². The van der Waals surface area contributed by atoms with Gasteiger partial charge in [0.25, 0.3) is 0 Å². The normalized spacial score (nSPS) is 34.8. The Bertz CT molecular complexity index is 872. The number of hydrogen-bond acceptors (Lipinski definition) is 0. The number of benzene rings is 2. The van der Waals surface area contributed by atoms with Crippen LogP contribution in [0, 0.1) is 11.8 Å². The second kappa shape index (κ2) is 7.65. The van der Waals surface area contributed by atoms with Gasteiger partial charge in [0.1, 0.15) is 17.6 Å². The van der Waals surface area contributed by atoms with Gasteiger partial charge in [-0.15, -0.1) is 0 Å². The van der Waals surface area contributed by atoms with Crippen LogP contribution in [-0.2, 0) is 0 Å². The Morgan fingerprint density at radius 2 is 1.03 bits per heavy atom. The highest BCUT2D eigenvalue weighted by Gasteiger charge is 2.74. The molecule has 0 heterocycles. The van der Waals surface area contributed by atoms with Crippen molar-refractivity contribution in [3.8, 4) is 0 Å². The SMILES string of the molecule is CC(C)(C)[P+](c1ccccc1)(c1ccccc1)P(C12CCC(CC1)C2)C12CCC(CC1)C2. The van der Waals surface area contributed by atoms with E-state index < -0.39 is 6.95 Å². The molecule has 0 aromatic heterocycles. The van der Waals surface area contributed by atoms with Gasteiger partial charge in [0.2, 0.25) is 0 Å². The van der Waals surface area contributed by atoms with E-state index in [1.54, 1.807) is 23.5 Å².